The quantitative estimate of drug-likeness (QED) is 0.179. The molecule has 0 spiro atoms. The monoisotopic (exact) mass is 622 g/mol. The lowest BCUT2D eigenvalue weighted by Crippen LogP contribution is -1.96. The molecule has 10 rings (SSSR count). The summed E-state index contributed by atoms with van der Waals surface area (Å²) < 4.78 is 2.08. The molecule has 49 heavy (non-hydrogen) atoms. The number of nitrogens with zero attached hydrogens (tertiary/aromatic N) is 2. The third-order valence-corrected chi connectivity index (χ3v) is 9.98. The fourth-order valence-corrected chi connectivity index (χ4v) is 7.67. The standard InChI is InChI=1S/C47H30N2/c1-3-13-35-29-37(26-21-31(35)11-1)46-41-17-7-5-15-39(41)45(40-16-6-8-18-42(40)46)33-22-24-34(25-23-33)47-43-19-9-10-20-44(43)49(48-47)38-28-27-32-12-2-4-14-36(32)30-38/h1-30H. The normalized spacial score (nSPS) is 11.7. The molecular weight excluding hydrogens is 593 g/mol. The van der Waals surface area contributed by atoms with E-state index in [0.717, 1.165) is 27.8 Å². The van der Waals surface area contributed by atoms with Gasteiger partial charge in [0.25, 0.3) is 0 Å². The number of hydrogen-bond acceptors (Lipinski definition) is 1. The van der Waals surface area contributed by atoms with E-state index in [0.29, 0.717) is 0 Å². The highest BCUT2D eigenvalue weighted by atomic mass is 15.3. The van der Waals surface area contributed by atoms with Crippen molar-refractivity contribution in [2.75, 3.05) is 0 Å². The van der Waals surface area contributed by atoms with Crippen LogP contribution in [-0.2, 0) is 0 Å². The minimum atomic E-state index is 0.983. The van der Waals surface area contributed by atoms with Gasteiger partial charge in [-0.25, -0.2) is 4.68 Å². The molecule has 228 valence electrons. The summed E-state index contributed by atoms with van der Waals surface area (Å²) in [7, 11) is 0. The predicted molar refractivity (Wildman–Crippen MR) is 207 cm³/mol. The average molecular weight is 623 g/mol. The number of hydrogen-bond donors (Lipinski definition) is 0. The third-order valence-electron chi connectivity index (χ3n) is 9.98. The van der Waals surface area contributed by atoms with E-state index in [1.807, 2.05) is 0 Å². The van der Waals surface area contributed by atoms with Crippen LogP contribution in [0.1, 0.15) is 0 Å². The highest BCUT2D eigenvalue weighted by Crippen LogP contribution is 2.44. The minimum absolute atomic E-state index is 0.983. The van der Waals surface area contributed by atoms with Crippen molar-refractivity contribution >= 4 is 54.0 Å². The van der Waals surface area contributed by atoms with Crippen LogP contribution in [0.5, 0.6) is 0 Å². The van der Waals surface area contributed by atoms with Crippen molar-refractivity contribution in [3.05, 3.63) is 182 Å². The Labute approximate surface area is 284 Å². The SMILES string of the molecule is c1ccc2cc(-c3c4ccccc4c(-c4ccc(-c5nn(-c6ccc7ccccc7c6)c6ccccc56)cc4)c4ccccc34)ccc2c1. The zero-order valence-corrected chi connectivity index (χ0v) is 26.7. The van der Waals surface area contributed by atoms with Gasteiger partial charge < -0.3 is 0 Å². The van der Waals surface area contributed by atoms with E-state index in [4.69, 9.17) is 5.10 Å². The van der Waals surface area contributed by atoms with Crippen LogP contribution in [0.15, 0.2) is 182 Å². The summed E-state index contributed by atoms with van der Waals surface area (Å²) in [6, 6.07) is 65.7. The lowest BCUT2D eigenvalue weighted by atomic mass is 9.85. The second-order valence-corrected chi connectivity index (χ2v) is 12.8. The van der Waals surface area contributed by atoms with Crippen molar-refractivity contribution in [2.24, 2.45) is 0 Å². The molecule has 0 amide bonds. The number of benzene rings is 9. The van der Waals surface area contributed by atoms with Crippen LogP contribution in [0, 0.1) is 0 Å². The van der Waals surface area contributed by atoms with Crippen molar-refractivity contribution in [1.29, 1.82) is 0 Å². The molecular formula is C47H30N2. The van der Waals surface area contributed by atoms with Crippen molar-refractivity contribution in [2.45, 2.75) is 0 Å². The van der Waals surface area contributed by atoms with Crippen molar-refractivity contribution < 1.29 is 0 Å². The molecule has 9 aromatic carbocycles. The first-order valence-electron chi connectivity index (χ1n) is 16.8. The number of para-hydroxylation sites is 1. The molecule has 0 radical (unpaired) electrons. The Morgan fingerprint density at radius 2 is 0.776 bits per heavy atom. The van der Waals surface area contributed by atoms with Crippen LogP contribution < -0.4 is 0 Å². The van der Waals surface area contributed by atoms with Gasteiger partial charge in [0.15, 0.2) is 0 Å². The van der Waals surface area contributed by atoms with Gasteiger partial charge in [-0.1, -0.05) is 158 Å². The Hall–Kier alpha value is -6.51. The summed E-state index contributed by atoms with van der Waals surface area (Å²) in [5.41, 5.74) is 9.20. The first-order valence-corrected chi connectivity index (χ1v) is 16.8. The van der Waals surface area contributed by atoms with Gasteiger partial charge >= 0.3 is 0 Å². The summed E-state index contributed by atoms with van der Waals surface area (Å²) in [5.74, 6) is 0. The molecule has 0 unspecified atom stereocenters. The zero-order chi connectivity index (χ0) is 32.3. The molecule has 0 aliphatic rings. The van der Waals surface area contributed by atoms with Crippen molar-refractivity contribution in [1.82, 2.24) is 9.78 Å². The Kier molecular flexibility index (Phi) is 6.22. The highest BCUT2D eigenvalue weighted by molar-refractivity contribution is 6.21. The molecule has 0 aliphatic carbocycles. The fraction of sp³-hybridized carbons (Fsp3) is 0. The first kappa shape index (κ1) is 27.6. The molecule has 0 N–H and O–H groups in total. The van der Waals surface area contributed by atoms with Crippen LogP contribution in [0.4, 0.5) is 0 Å². The Morgan fingerprint density at radius 3 is 1.41 bits per heavy atom. The Bertz CT molecular complexity index is 2820. The molecule has 0 atom stereocenters. The maximum Gasteiger partial charge on any atom is 0.101 e. The van der Waals surface area contributed by atoms with Crippen LogP contribution >= 0.6 is 0 Å². The summed E-state index contributed by atoms with van der Waals surface area (Å²) >= 11 is 0. The van der Waals surface area contributed by atoms with E-state index < -0.39 is 0 Å². The van der Waals surface area contributed by atoms with Gasteiger partial charge in [0.2, 0.25) is 0 Å². The predicted octanol–water partition coefficient (Wildman–Crippen LogP) is 12.6. The van der Waals surface area contributed by atoms with E-state index >= 15 is 0 Å². The van der Waals surface area contributed by atoms with Gasteiger partial charge in [-0.3, -0.25) is 0 Å². The maximum absolute atomic E-state index is 5.22. The summed E-state index contributed by atoms with van der Waals surface area (Å²) in [4.78, 5) is 0. The molecule has 1 heterocycles. The van der Waals surface area contributed by atoms with Gasteiger partial charge in [-0.15, -0.1) is 0 Å². The molecule has 2 nitrogen and oxygen atoms in total. The van der Waals surface area contributed by atoms with E-state index in [-0.39, 0.29) is 0 Å². The lowest BCUT2D eigenvalue weighted by molar-refractivity contribution is 0.917. The molecule has 0 bridgehead atoms. The van der Waals surface area contributed by atoms with Gasteiger partial charge in [-0.2, -0.15) is 5.10 Å². The van der Waals surface area contributed by atoms with E-state index in [1.165, 1.54) is 65.3 Å². The third kappa shape index (κ3) is 4.46. The Balaban J connectivity index is 1.13. The van der Waals surface area contributed by atoms with Crippen LogP contribution in [0.2, 0.25) is 0 Å². The van der Waals surface area contributed by atoms with Crippen molar-refractivity contribution in [3.8, 4) is 39.2 Å². The fourth-order valence-electron chi connectivity index (χ4n) is 7.67. The van der Waals surface area contributed by atoms with E-state index in [2.05, 4.69) is 187 Å². The lowest BCUT2D eigenvalue weighted by Gasteiger charge is -2.18. The Morgan fingerprint density at radius 1 is 0.327 bits per heavy atom. The molecule has 0 aliphatic heterocycles. The second kappa shape index (κ2) is 11.0. The van der Waals surface area contributed by atoms with Crippen LogP contribution in [-0.4, -0.2) is 9.78 Å². The largest absolute Gasteiger partial charge is 0.232 e. The van der Waals surface area contributed by atoms with Gasteiger partial charge in [0, 0.05) is 10.9 Å². The smallest absolute Gasteiger partial charge is 0.101 e. The number of aromatic nitrogens is 2. The van der Waals surface area contributed by atoms with Crippen LogP contribution in [0.3, 0.4) is 0 Å². The molecule has 2 heteroatoms. The molecule has 0 saturated carbocycles. The summed E-state index contributed by atoms with van der Waals surface area (Å²) in [6.07, 6.45) is 0. The molecule has 0 saturated heterocycles. The summed E-state index contributed by atoms with van der Waals surface area (Å²) in [5, 5.41) is 16.3. The van der Waals surface area contributed by atoms with Crippen molar-refractivity contribution in [3.63, 3.8) is 0 Å². The molecule has 1 aromatic heterocycles. The molecule has 0 fully saturated rings. The maximum atomic E-state index is 5.22. The number of rotatable bonds is 4. The highest BCUT2D eigenvalue weighted by Gasteiger charge is 2.18. The second-order valence-electron chi connectivity index (χ2n) is 12.8. The van der Waals surface area contributed by atoms with E-state index in [1.54, 1.807) is 0 Å². The summed E-state index contributed by atoms with van der Waals surface area (Å²) in [6.45, 7) is 0. The zero-order valence-electron chi connectivity index (χ0n) is 26.7. The first-order chi connectivity index (χ1) is 24.3. The van der Waals surface area contributed by atoms with Gasteiger partial charge in [0.05, 0.1) is 11.2 Å². The topological polar surface area (TPSA) is 17.8 Å². The van der Waals surface area contributed by atoms with Crippen LogP contribution in [0.25, 0.3) is 93.2 Å². The number of fused-ring (bicyclic) bond motifs is 5. The van der Waals surface area contributed by atoms with Gasteiger partial charge in [-0.05, 0) is 89.6 Å². The molecule has 10 aromatic rings. The van der Waals surface area contributed by atoms with Gasteiger partial charge in [0.1, 0.15) is 5.69 Å². The van der Waals surface area contributed by atoms with E-state index in [9.17, 15) is 0 Å². The average Bonchev–Trinajstić information content (AvgIpc) is 3.56. The minimum Gasteiger partial charge on any atom is -0.232 e.